The van der Waals surface area contributed by atoms with E-state index in [2.05, 4.69) is 16.9 Å². The van der Waals surface area contributed by atoms with E-state index in [0.717, 1.165) is 16.7 Å². The Kier molecular flexibility index (Phi) is 11.3. The minimum atomic E-state index is -1.26. The number of carbonyl (C=O) groups is 2. The number of benzene rings is 3. The van der Waals surface area contributed by atoms with Gasteiger partial charge in [0.25, 0.3) is 0 Å². The molecule has 1 aliphatic rings. The number of nitrogens with one attached hydrogen (secondary N) is 1. The topological polar surface area (TPSA) is 127 Å². The number of hydrogen-bond donors (Lipinski definition) is 1. The second-order valence-corrected chi connectivity index (χ2v) is 12.9. The average Bonchev–Trinajstić information content (AvgIpc) is 3.50. The molecule has 2 heterocycles. The van der Waals surface area contributed by atoms with Crippen LogP contribution in [0.3, 0.4) is 0 Å². The van der Waals surface area contributed by atoms with Crippen LogP contribution in [-0.4, -0.2) is 54.5 Å². The van der Waals surface area contributed by atoms with Gasteiger partial charge in [-0.25, -0.2) is 4.79 Å². The summed E-state index contributed by atoms with van der Waals surface area (Å²) in [7, 11) is 4.54. The lowest BCUT2D eigenvalue weighted by molar-refractivity contribution is -0.163. The lowest BCUT2D eigenvalue weighted by Gasteiger charge is -2.37. The molecule has 0 saturated carbocycles. The fraction of sp³-hybridized carbons (Fsp3) is 0.350. The third-order valence-electron chi connectivity index (χ3n) is 9.33. The molecule has 4 atom stereocenters. The number of methoxy groups -OCH3 is 3. The number of esters is 2. The maximum Gasteiger partial charge on any atom is 0.351 e. The van der Waals surface area contributed by atoms with Crippen LogP contribution in [0.25, 0.3) is 0 Å². The minimum absolute atomic E-state index is 0.126. The summed E-state index contributed by atoms with van der Waals surface area (Å²) < 4.78 is 29.6. The van der Waals surface area contributed by atoms with Crippen molar-refractivity contribution in [3.05, 3.63) is 131 Å². The zero-order chi connectivity index (χ0) is 36.8. The Labute approximate surface area is 298 Å². The van der Waals surface area contributed by atoms with Crippen molar-refractivity contribution in [2.45, 2.75) is 57.1 Å². The molecular weight excluding hydrogens is 650 g/mol. The first-order valence-electron chi connectivity index (χ1n) is 16.8. The second kappa shape index (κ2) is 15.6. The van der Waals surface area contributed by atoms with E-state index in [9.17, 15) is 14.4 Å². The van der Waals surface area contributed by atoms with Crippen molar-refractivity contribution >= 4 is 17.8 Å². The van der Waals surface area contributed by atoms with Gasteiger partial charge in [-0.2, -0.15) is 4.98 Å². The summed E-state index contributed by atoms with van der Waals surface area (Å²) >= 11 is 0. The average molecular weight is 696 g/mol. The maximum atomic E-state index is 13.9. The Balaban J connectivity index is 1.57. The first kappa shape index (κ1) is 36.9. The van der Waals surface area contributed by atoms with Gasteiger partial charge in [0.1, 0.15) is 40.8 Å². The van der Waals surface area contributed by atoms with Gasteiger partial charge in [-0.3, -0.25) is 14.2 Å². The standard InChI is InChI=1S/C40H45N3O8/c1-8-39(25-27(4)37(45)49-7)33(50-36(44)26(2)3)24-35(51-39)43-23-22-34(41-38(43)46)42-40(28-12-10-9-11-13-28,29-14-18-31(47-5)19-15-29)30-16-20-32(48-6)21-17-30/h8-23,26-27,33,35H,1,24-25H2,2-7H3,(H,41,42,46)/t27?,33-,35+,39-/m0/s1. The van der Waals surface area contributed by atoms with Gasteiger partial charge in [-0.15, -0.1) is 6.58 Å². The Morgan fingerprint density at radius 3 is 1.98 bits per heavy atom. The summed E-state index contributed by atoms with van der Waals surface area (Å²) in [6.45, 7) is 9.14. The van der Waals surface area contributed by atoms with E-state index in [1.54, 1.807) is 47.3 Å². The first-order valence-corrected chi connectivity index (χ1v) is 16.8. The zero-order valence-electron chi connectivity index (χ0n) is 29.8. The molecule has 3 aromatic carbocycles. The summed E-state index contributed by atoms with van der Waals surface area (Å²) in [6, 6.07) is 27.0. The van der Waals surface area contributed by atoms with Crippen LogP contribution < -0.4 is 20.5 Å². The van der Waals surface area contributed by atoms with Gasteiger partial charge >= 0.3 is 17.6 Å². The van der Waals surface area contributed by atoms with Gasteiger partial charge in [0, 0.05) is 12.6 Å². The summed E-state index contributed by atoms with van der Waals surface area (Å²) in [5.41, 5.74) is -0.218. The van der Waals surface area contributed by atoms with E-state index < -0.39 is 52.9 Å². The lowest BCUT2D eigenvalue weighted by Crippen LogP contribution is -2.43. The zero-order valence-corrected chi connectivity index (χ0v) is 29.8. The van der Waals surface area contributed by atoms with Crippen molar-refractivity contribution in [3.63, 3.8) is 0 Å². The molecule has 1 fully saturated rings. The number of carbonyl (C=O) groups excluding carboxylic acids is 2. The summed E-state index contributed by atoms with van der Waals surface area (Å²) in [4.78, 5) is 43.6. The molecule has 5 rings (SSSR count). The van der Waals surface area contributed by atoms with Gasteiger partial charge in [-0.1, -0.05) is 81.4 Å². The fourth-order valence-electron chi connectivity index (χ4n) is 6.54. The van der Waals surface area contributed by atoms with Crippen molar-refractivity contribution in [1.82, 2.24) is 9.55 Å². The number of aromatic nitrogens is 2. The van der Waals surface area contributed by atoms with E-state index in [4.69, 9.17) is 23.7 Å². The summed E-state index contributed by atoms with van der Waals surface area (Å²) in [5, 5.41) is 3.61. The molecular formula is C40H45N3O8. The predicted octanol–water partition coefficient (Wildman–Crippen LogP) is 6.28. The number of nitrogens with zero attached hydrogens (tertiary/aromatic N) is 2. The van der Waals surface area contributed by atoms with Crippen LogP contribution in [0.1, 0.15) is 56.5 Å². The van der Waals surface area contributed by atoms with Gasteiger partial charge in [0.05, 0.1) is 33.2 Å². The minimum Gasteiger partial charge on any atom is -0.497 e. The Bertz CT molecular complexity index is 1830. The SMILES string of the molecule is C=C[C@@]1(CC(C)C(=O)OC)O[C@@H](n2ccc(NC(c3ccccc3)(c3ccc(OC)cc3)c3ccc(OC)cc3)nc2=O)C[C@@H]1OC(=O)C(C)C. The number of hydrogen-bond acceptors (Lipinski definition) is 10. The maximum absolute atomic E-state index is 13.9. The third-order valence-corrected chi connectivity index (χ3v) is 9.33. The van der Waals surface area contributed by atoms with Crippen LogP contribution in [0.4, 0.5) is 5.82 Å². The normalized spacial score (nSPS) is 19.2. The Hall–Kier alpha value is -5.42. The molecule has 4 aromatic rings. The highest BCUT2D eigenvalue weighted by molar-refractivity contribution is 5.73. The van der Waals surface area contributed by atoms with Crippen molar-refractivity contribution in [3.8, 4) is 11.5 Å². The lowest BCUT2D eigenvalue weighted by atomic mass is 9.77. The van der Waals surface area contributed by atoms with Crippen molar-refractivity contribution in [2.24, 2.45) is 11.8 Å². The smallest absolute Gasteiger partial charge is 0.351 e. The van der Waals surface area contributed by atoms with Crippen molar-refractivity contribution in [1.29, 1.82) is 0 Å². The molecule has 1 aliphatic heterocycles. The predicted molar refractivity (Wildman–Crippen MR) is 193 cm³/mol. The monoisotopic (exact) mass is 695 g/mol. The molecule has 1 N–H and O–H groups in total. The molecule has 268 valence electrons. The van der Waals surface area contributed by atoms with Crippen molar-refractivity contribution < 1.29 is 33.3 Å². The van der Waals surface area contributed by atoms with E-state index in [1.165, 1.54) is 17.8 Å². The highest BCUT2D eigenvalue weighted by atomic mass is 16.6. The number of rotatable bonds is 14. The second-order valence-electron chi connectivity index (χ2n) is 12.9. The van der Waals surface area contributed by atoms with Gasteiger partial charge < -0.3 is 29.0 Å². The molecule has 0 spiro atoms. The molecule has 0 bridgehead atoms. The van der Waals surface area contributed by atoms with Gasteiger partial charge in [0.2, 0.25) is 0 Å². The highest BCUT2D eigenvalue weighted by Gasteiger charge is 2.51. The quantitative estimate of drug-likeness (QED) is 0.0916. The van der Waals surface area contributed by atoms with Crippen LogP contribution in [0, 0.1) is 11.8 Å². The summed E-state index contributed by atoms with van der Waals surface area (Å²) in [5.74, 6) is -0.177. The Morgan fingerprint density at radius 2 is 1.49 bits per heavy atom. The van der Waals surface area contributed by atoms with E-state index in [0.29, 0.717) is 17.3 Å². The summed E-state index contributed by atoms with van der Waals surface area (Å²) in [6.07, 6.45) is 1.72. The molecule has 1 unspecified atom stereocenters. The van der Waals surface area contributed by atoms with Crippen molar-refractivity contribution in [2.75, 3.05) is 26.6 Å². The molecule has 11 nitrogen and oxygen atoms in total. The van der Waals surface area contributed by atoms with Crippen LogP contribution in [0.5, 0.6) is 11.5 Å². The fourth-order valence-corrected chi connectivity index (χ4v) is 6.54. The molecule has 0 radical (unpaired) electrons. The third kappa shape index (κ3) is 7.53. The van der Waals surface area contributed by atoms with Crippen LogP contribution in [-0.2, 0) is 29.3 Å². The number of ether oxygens (including phenoxy) is 5. The van der Waals surface area contributed by atoms with Gasteiger partial charge in [0.15, 0.2) is 0 Å². The number of anilines is 1. The molecule has 51 heavy (non-hydrogen) atoms. The van der Waals surface area contributed by atoms with E-state index in [1.807, 2.05) is 78.9 Å². The molecule has 0 aliphatic carbocycles. The molecule has 1 saturated heterocycles. The van der Waals surface area contributed by atoms with Gasteiger partial charge in [-0.05, 0) is 53.4 Å². The van der Waals surface area contributed by atoms with Crippen LogP contribution in [0.2, 0.25) is 0 Å². The first-order chi connectivity index (χ1) is 24.5. The van der Waals surface area contributed by atoms with Crippen LogP contribution in [0.15, 0.2) is 109 Å². The molecule has 11 heteroatoms. The Morgan fingerprint density at radius 1 is 0.922 bits per heavy atom. The highest BCUT2D eigenvalue weighted by Crippen LogP contribution is 2.44. The largest absolute Gasteiger partial charge is 0.497 e. The molecule has 0 amide bonds. The van der Waals surface area contributed by atoms with E-state index in [-0.39, 0.29) is 12.8 Å². The van der Waals surface area contributed by atoms with E-state index >= 15 is 0 Å². The molecule has 1 aromatic heterocycles. The van der Waals surface area contributed by atoms with Crippen LogP contribution >= 0.6 is 0 Å².